The summed E-state index contributed by atoms with van der Waals surface area (Å²) in [6, 6.07) is 18.2. The van der Waals surface area contributed by atoms with Gasteiger partial charge in [-0.15, -0.1) is 0 Å². The summed E-state index contributed by atoms with van der Waals surface area (Å²) < 4.78 is 20.7. The lowest BCUT2D eigenvalue weighted by Crippen LogP contribution is -2.27. The van der Waals surface area contributed by atoms with Crippen LogP contribution in [0, 0.1) is 25.1 Å². The van der Waals surface area contributed by atoms with Gasteiger partial charge in [0.15, 0.2) is 5.78 Å². The molecular formula is C34H43FO4. The summed E-state index contributed by atoms with van der Waals surface area (Å²) >= 11 is 0. The first-order valence-corrected chi connectivity index (χ1v) is 13.8. The van der Waals surface area contributed by atoms with E-state index in [1.807, 2.05) is 45.9 Å². The molecule has 0 aliphatic heterocycles. The van der Waals surface area contributed by atoms with E-state index in [-0.39, 0.29) is 23.6 Å². The second-order valence-electron chi connectivity index (χ2n) is 11.3. The molecule has 0 aliphatic carbocycles. The molecule has 0 aromatic heterocycles. The maximum Gasteiger partial charge on any atom is 0.175 e. The largest absolute Gasteiger partial charge is 0.486 e. The third kappa shape index (κ3) is 6.95. The molecule has 0 N–H and O–H groups in total. The smallest absolute Gasteiger partial charge is 0.175 e. The first kappa shape index (κ1) is 30.5. The molecule has 3 aromatic carbocycles. The molecule has 5 heteroatoms. The quantitative estimate of drug-likeness (QED) is 0.133. The second kappa shape index (κ2) is 12.9. The summed E-state index contributed by atoms with van der Waals surface area (Å²) in [5.41, 5.74) is 6.45. The predicted octanol–water partition coefficient (Wildman–Crippen LogP) is 8.33. The van der Waals surface area contributed by atoms with Crippen LogP contribution in [0.25, 0.3) is 11.1 Å². The summed E-state index contributed by atoms with van der Waals surface area (Å²) in [7, 11) is 1.45. The number of Topliss-reactive ketones (excluding diaryl/α,β-unsaturated/α-hetero) is 1. The first-order valence-electron chi connectivity index (χ1n) is 13.8. The summed E-state index contributed by atoms with van der Waals surface area (Å²) in [6.45, 7) is 14.6. The van der Waals surface area contributed by atoms with Crippen LogP contribution >= 0.6 is 0 Å². The van der Waals surface area contributed by atoms with Gasteiger partial charge in [-0.2, -0.15) is 0 Å². The third-order valence-corrected chi connectivity index (χ3v) is 7.85. The highest BCUT2D eigenvalue weighted by atomic mass is 19.1. The Morgan fingerprint density at radius 1 is 0.872 bits per heavy atom. The zero-order chi connectivity index (χ0) is 28.8. The number of hydrogen-bond acceptors (Lipinski definition) is 4. The number of ether oxygens (including phenoxy) is 1. The van der Waals surface area contributed by atoms with E-state index in [4.69, 9.17) is 9.62 Å². The van der Waals surface area contributed by atoms with Gasteiger partial charge >= 0.3 is 0 Å². The molecular weight excluding hydrogens is 491 g/mol. The maximum atomic E-state index is 14.8. The highest BCUT2D eigenvalue weighted by molar-refractivity contribution is 5.85. The van der Waals surface area contributed by atoms with E-state index in [0.29, 0.717) is 18.6 Å². The summed E-state index contributed by atoms with van der Waals surface area (Å²) in [4.78, 5) is 21.8. The fourth-order valence-electron chi connectivity index (χ4n) is 5.14. The van der Waals surface area contributed by atoms with E-state index in [2.05, 4.69) is 56.0 Å². The molecule has 39 heavy (non-hydrogen) atoms. The van der Waals surface area contributed by atoms with E-state index >= 15 is 0 Å². The first-order chi connectivity index (χ1) is 18.5. The molecule has 3 rings (SSSR count). The highest BCUT2D eigenvalue weighted by Gasteiger charge is 2.32. The Balaban J connectivity index is 1.90. The summed E-state index contributed by atoms with van der Waals surface area (Å²) in [5.74, 6) is 0.574. The Hall–Kier alpha value is -3.02. The molecule has 0 fully saturated rings. The van der Waals surface area contributed by atoms with Crippen LogP contribution in [0.1, 0.15) is 75.3 Å². The van der Waals surface area contributed by atoms with E-state index in [9.17, 15) is 9.18 Å². The number of benzene rings is 3. The van der Waals surface area contributed by atoms with Gasteiger partial charge in [0.1, 0.15) is 18.2 Å². The van der Waals surface area contributed by atoms with Crippen molar-refractivity contribution in [1.29, 1.82) is 0 Å². The van der Waals surface area contributed by atoms with Crippen molar-refractivity contribution in [3.05, 3.63) is 88.2 Å². The van der Waals surface area contributed by atoms with Crippen LogP contribution in [-0.4, -0.2) is 26.1 Å². The van der Waals surface area contributed by atoms with Crippen LogP contribution in [-0.2, 0) is 26.4 Å². The van der Waals surface area contributed by atoms with E-state index < -0.39 is 5.41 Å². The van der Waals surface area contributed by atoms with Crippen molar-refractivity contribution in [3.63, 3.8) is 0 Å². The van der Waals surface area contributed by atoms with Crippen molar-refractivity contribution in [2.75, 3.05) is 20.3 Å². The molecule has 0 saturated carbocycles. The summed E-state index contributed by atoms with van der Waals surface area (Å²) in [6.07, 6.45) is 2.30. The van der Waals surface area contributed by atoms with E-state index in [0.717, 1.165) is 40.8 Å². The van der Waals surface area contributed by atoms with E-state index in [1.165, 1.54) is 18.2 Å². The number of rotatable bonds is 12. The van der Waals surface area contributed by atoms with Crippen LogP contribution in [0.4, 0.5) is 4.39 Å². The number of aryl methyl sites for hydroxylation is 2. The molecule has 0 bridgehead atoms. The van der Waals surface area contributed by atoms with Gasteiger partial charge in [-0.1, -0.05) is 77.1 Å². The average molecular weight is 535 g/mol. The lowest BCUT2D eigenvalue weighted by Gasteiger charge is -2.34. The van der Waals surface area contributed by atoms with Crippen LogP contribution in [0.15, 0.2) is 54.6 Å². The lowest BCUT2D eigenvalue weighted by molar-refractivity contribution is -0.271. The molecule has 0 unspecified atom stereocenters. The Labute approximate surface area is 233 Å². The zero-order valence-electron chi connectivity index (χ0n) is 24.7. The monoisotopic (exact) mass is 534 g/mol. The fraction of sp³-hybridized carbons (Fsp3) is 0.441. The molecule has 0 atom stereocenters. The van der Waals surface area contributed by atoms with Gasteiger partial charge in [-0.05, 0) is 77.8 Å². The minimum atomic E-state index is -0.426. The molecule has 0 radical (unpaired) electrons. The number of hydrogen-bond donors (Lipinski definition) is 0. The number of carbonyl (C=O) groups excluding carboxylic acids is 1. The minimum absolute atomic E-state index is 0.0690. The number of halogens is 1. The highest BCUT2D eigenvalue weighted by Crippen LogP contribution is 2.42. The van der Waals surface area contributed by atoms with E-state index in [1.54, 1.807) is 6.07 Å². The molecule has 0 spiro atoms. The molecule has 0 aliphatic rings. The number of carbonyl (C=O) groups is 1. The normalized spacial score (nSPS) is 12.0. The molecule has 0 heterocycles. The second-order valence-corrected chi connectivity index (χ2v) is 11.3. The van der Waals surface area contributed by atoms with Gasteiger partial charge < -0.3 is 4.74 Å². The third-order valence-electron chi connectivity index (χ3n) is 7.85. The molecule has 210 valence electrons. The van der Waals surface area contributed by atoms with Gasteiger partial charge in [0, 0.05) is 17.3 Å². The predicted molar refractivity (Wildman–Crippen MR) is 156 cm³/mol. The van der Waals surface area contributed by atoms with Gasteiger partial charge in [-0.3, -0.25) is 4.79 Å². The van der Waals surface area contributed by atoms with Crippen molar-refractivity contribution in [3.8, 4) is 16.9 Å². The van der Waals surface area contributed by atoms with Crippen molar-refractivity contribution < 1.29 is 23.7 Å². The Morgan fingerprint density at radius 3 is 2.05 bits per heavy atom. The topological polar surface area (TPSA) is 44.8 Å². The zero-order valence-corrected chi connectivity index (χ0v) is 24.7. The van der Waals surface area contributed by atoms with Crippen molar-refractivity contribution in [2.24, 2.45) is 5.41 Å². The van der Waals surface area contributed by atoms with Gasteiger partial charge in [-0.25, -0.2) is 14.2 Å². The molecule has 3 aromatic rings. The molecule has 0 amide bonds. The van der Waals surface area contributed by atoms with Crippen LogP contribution in [0.3, 0.4) is 0 Å². The van der Waals surface area contributed by atoms with Crippen LogP contribution in [0.2, 0.25) is 0 Å². The van der Waals surface area contributed by atoms with Crippen LogP contribution < -0.4 is 4.74 Å². The van der Waals surface area contributed by atoms with Crippen LogP contribution in [0.5, 0.6) is 5.75 Å². The SMILES string of the molecule is CCC(CC)(c1ccc(OCC(=O)C(C)(C)C)c(C)c1)c1ccc(-c2ccc(CCOOC)c(F)c2)c(C)c1. The molecule has 0 saturated heterocycles. The van der Waals surface area contributed by atoms with Crippen molar-refractivity contribution in [2.45, 2.75) is 73.1 Å². The van der Waals surface area contributed by atoms with Gasteiger partial charge in [0.05, 0.1) is 13.7 Å². The Kier molecular flexibility index (Phi) is 10.1. The average Bonchev–Trinajstić information content (AvgIpc) is 2.89. The Bertz CT molecular complexity index is 1280. The summed E-state index contributed by atoms with van der Waals surface area (Å²) in [5, 5.41) is 0. The lowest BCUT2D eigenvalue weighted by atomic mass is 9.69. The van der Waals surface area contributed by atoms with Gasteiger partial charge in [0.25, 0.3) is 0 Å². The number of ketones is 1. The minimum Gasteiger partial charge on any atom is -0.486 e. The standard InChI is InChI=1S/C34H43FO4/c1-9-34(10-2,28-14-16-31(24(4)20-28)38-22-32(36)33(5,6)7)27-13-15-29(23(3)19-27)26-12-11-25(30(35)21-26)17-18-39-37-8/h11-16,19-21H,9-10,17-18,22H2,1-8H3. The van der Waals surface area contributed by atoms with Crippen molar-refractivity contribution in [1.82, 2.24) is 0 Å². The Morgan fingerprint density at radius 2 is 1.51 bits per heavy atom. The van der Waals surface area contributed by atoms with Crippen molar-refractivity contribution >= 4 is 5.78 Å². The fourth-order valence-corrected chi connectivity index (χ4v) is 5.14. The molecule has 4 nitrogen and oxygen atoms in total. The van der Waals surface area contributed by atoms with Gasteiger partial charge in [0.2, 0.25) is 0 Å². The maximum absolute atomic E-state index is 14.8.